The Morgan fingerprint density at radius 1 is 1.43 bits per heavy atom. The molecule has 0 bridgehead atoms. The third-order valence-electron chi connectivity index (χ3n) is 2.70. The van der Waals surface area contributed by atoms with Crippen LogP contribution in [0.1, 0.15) is 30.0 Å². The Morgan fingerprint density at radius 3 is 2.57 bits per heavy atom. The standard InChI is InChI=1S/C11H14FN.ClH/c1-7-6-9(4-5-10(7)12)11(13)8-2-3-8;/h4-6,8,11H,2-3,13H2,1H3;1H/t11-;/m1./s1. The van der Waals surface area contributed by atoms with Crippen LogP contribution in [0.2, 0.25) is 0 Å². The summed E-state index contributed by atoms with van der Waals surface area (Å²) in [6.07, 6.45) is 2.44. The fourth-order valence-corrected chi connectivity index (χ4v) is 1.60. The minimum atomic E-state index is -0.147. The molecule has 0 heterocycles. The van der Waals surface area contributed by atoms with Crippen molar-refractivity contribution < 1.29 is 4.39 Å². The number of aryl methyl sites for hydroxylation is 1. The minimum Gasteiger partial charge on any atom is -0.324 e. The lowest BCUT2D eigenvalue weighted by Gasteiger charge is -2.11. The van der Waals surface area contributed by atoms with E-state index in [-0.39, 0.29) is 24.3 Å². The third-order valence-corrected chi connectivity index (χ3v) is 2.70. The van der Waals surface area contributed by atoms with Gasteiger partial charge in [-0.15, -0.1) is 12.4 Å². The first-order valence-corrected chi connectivity index (χ1v) is 4.70. The highest BCUT2D eigenvalue weighted by Crippen LogP contribution is 2.39. The Hall–Kier alpha value is -0.600. The summed E-state index contributed by atoms with van der Waals surface area (Å²) in [6, 6.07) is 5.27. The van der Waals surface area contributed by atoms with Gasteiger partial charge in [0.2, 0.25) is 0 Å². The molecular weight excluding hydrogens is 201 g/mol. The van der Waals surface area contributed by atoms with Gasteiger partial charge >= 0.3 is 0 Å². The number of benzene rings is 1. The van der Waals surface area contributed by atoms with Gasteiger partial charge in [-0.3, -0.25) is 0 Å². The van der Waals surface area contributed by atoms with Gasteiger partial charge in [0.05, 0.1) is 0 Å². The van der Waals surface area contributed by atoms with Crippen LogP contribution in [0.5, 0.6) is 0 Å². The van der Waals surface area contributed by atoms with E-state index in [1.165, 1.54) is 18.9 Å². The van der Waals surface area contributed by atoms with Crippen LogP contribution in [0, 0.1) is 18.7 Å². The molecule has 1 aromatic carbocycles. The summed E-state index contributed by atoms with van der Waals surface area (Å²) < 4.78 is 12.9. The number of hydrogen-bond donors (Lipinski definition) is 1. The number of rotatable bonds is 2. The van der Waals surface area contributed by atoms with Crippen LogP contribution in [-0.2, 0) is 0 Å². The van der Waals surface area contributed by atoms with E-state index < -0.39 is 0 Å². The summed E-state index contributed by atoms with van der Waals surface area (Å²) in [5, 5.41) is 0. The summed E-state index contributed by atoms with van der Waals surface area (Å²) in [5.74, 6) is 0.483. The second kappa shape index (κ2) is 4.28. The Morgan fingerprint density at radius 2 is 2.07 bits per heavy atom. The van der Waals surface area contributed by atoms with E-state index in [2.05, 4.69) is 0 Å². The molecule has 0 amide bonds. The van der Waals surface area contributed by atoms with Crippen LogP contribution < -0.4 is 5.73 Å². The van der Waals surface area contributed by atoms with Gasteiger partial charge in [0.15, 0.2) is 0 Å². The molecule has 1 nitrogen and oxygen atoms in total. The fraction of sp³-hybridized carbons (Fsp3) is 0.455. The molecule has 0 spiro atoms. The van der Waals surface area contributed by atoms with E-state index >= 15 is 0 Å². The molecule has 2 N–H and O–H groups in total. The van der Waals surface area contributed by atoms with E-state index in [9.17, 15) is 4.39 Å². The van der Waals surface area contributed by atoms with Crippen molar-refractivity contribution >= 4 is 12.4 Å². The molecule has 1 aliphatic carbocycles. The molecule has 14 heavy (non-hydrogen) atoms. The summed E-state index contributed by atoms with van der Waals surface area (Å²) in [5.41, 5.74) is 7.76. The zero-order valence-electron chi connectivity index (χ0n) is 8.16. The van der Waals surface area contributed by atoms with Gasteiger partial charge in [-0.2, -0.15) is 0 Å². The van der Waals surface area contributed by atoms with Gasteiger partial charge in [-0.25, -0.2) is 4.39 Å². The Bertz CT molecular complexity index is 323. The molecule has 3 heteroatoms. The largest absolute Gasteiger partial charge is 0.324 e. The highest BCUT2D eigenvalue weighted by molar-refractivity contribution is 5.85. The van der Waals surface area contributed by atoms with Crippen LogP contribution in [0.3, 0.4) is 0 Å². The normalized spacial score (nSPS) is 17.4. The Balaban J connectivity index is 0.000000980. The Kier molecular flexibility index (Phi) is 3.51. The van der Waals surface area contributed by atoms with Crippen LogP contribution >= 0.6 is 12.4 Å². The number of hydrogen-bond acceptors (Lipinski definition) is 1. The van der Waals surface area contributed by atoms with Gasteiger partial charge in [0.25, 0.3) is 0 Å². The van der Waals surface area contributed by atoms with E-state index in [1.54, 1.807) is 13.0 Å². The molecule has 1 atom stereocenters. The zero-order valence-corrected chi connectivity index (χ0v) is 8.98. The average Bonchev–Trinajstić information content (AvgIpc) is 2.91. The predicted octanol–water partition coefficient (Wildman–Crippen LogP) is 2.97. The fourth-order valence-electron chi connectivity index (χ4n) is 1.60. The van der Waals surface area contributed by atoms with Crippen LogP contribution in [0.25, 0.3) is 0 Å². The smallest absolute Gasteiger partial charge is 0.126 e. The summed E-state index contributed by atoms with van der Waals surface area (Å²) in [6.45, 7) is 1.78. The van der Waals surface area contributed by atoms with Crippen LogP contribution in [0.15, 0.2) is 18.2 Å². The second-order valence-electron chi connectivity index (χ2n) is 3.87. The molecule has 1 aliphatic rings. The van der Waals surface area contributed by atoms with Crippen molar-refractivity contribution in [3.8, 4) is 0 Å². The summed E-state index contributed by atoms with van der Waals surface area (Å²) in [7, 11) is 0. The monoisotopic (exact) mass is 215 g/mol. The summed E-state index contributed by atoms with van der Waals surface area (Å²) in [4.78, 5) is 0. The lowest BCUT2D eigenvalue weighted by atomic mass is 10.0. The molecule has 1 aromatic rings. The van der Waals surface area contributed by atoms with Crippen molar-refractivity contribution in [1.29, 1.82) is 0 Å². The van der Waals surface area contributed by atoms with E-state index in [4.69, 9.17) is 5.73 Å². The minimum absolute atomic E-state index is 0. The Labute approximate surface area is 89.9 Å². The number of halogens is 2. The molecule has 2 rings (SSSR count). The highest BCUT2D eigenvalue weighted by atomic mass is 35.5. The first-order valence-electron chi connectivity index (χ1n) is 4.70. The van der Waals surface area contributed by atoms with Gasteiger partial charge in [0.1, 0.15) is 5.82 Å². The SMILES string of the molecule is Cc1cc([C@H](N)C2CC2)ccc1F.Cl. The molecular formula is C11H15ClFN. The first kappa shape index (κ1) is 11.5. The van der Waals surface area contributed by atoms with Gasteiger partial charge in [-0.1, -0.05) is 12.1 Å². The molecule has 1 saturated carbocycles. The van der Waals surface area contributed by atoms with Crippen molar-refractivity contribution in [2.75, 3.05) is 0 Å². The second-order valence-corrected chi connectivity index (χ2v) is 3.87. The van der Waals surface area contributed by atoms with Crippen LogP contribution in [0.4, 0.5) is 4.39 Å². The predicted molar refractivity (Wildman–Crippen MR) is 58.0 cm³/mol. The molecule has 0 saturated heterocycles. The van der Waals surface area contributed by atoms with Crippen molar-refractivity contribution in [2.24, 2.45) is 11.7 Å². The third kappa shape index (κ3) is 2.25. The van der Waals surface area contributed by atoms with E-state index in [0.29, 0.717) is 11.5 Å². The lowest BCUT2D eigenvalue weighted by Crippen LogP contribution is -2.12. The van der Waals surface area contributed by atoms with Gasteiger partial charge in [0, 0.05) is 6.04 Å². The average molecular weight is 216 g/mol. The van der Waals surface area contributed by atoms with Crippen molar-refractivity contribution in [2.45, 2.75) is 25.8 Å². The maximum atomic E-state index is 12.9. The van der Waals surface area contributed by atoms with Crippen molar-refractivity contribution in [1.82, 2.24) is 0 Å². The molecule has 0 aliphatic heterocycles. The first-order chi connectivity index (χ1) is 6.18. The maximum Gasteiger partial charge on any atom is 0.126 e. The van der Waals surface area contributed by atoms with Crippen molar-refractivity contribution in [3.05, 3.63) is 35.1 Å². The van der Waals surface area contributed by atoms with Crippen molar-refractivity contribution in [3.63, 3.8) is 0 Å². The van der Waals surface area contributed by atoms with E-state index in [0.717, 1.165) is 5.56 Å². The van der Waals surface area contributed by atoms with E-state index in [1.807, 2.05) is 6.07 Å². The van der Waals surface area contributed by atoms with Gasteiger partial charge < -0.3 is 5.73 Å². The van der Waals surface area contributed by atoms with Crippen LogP contribution in [-0.4, -0.2) is 0 Å². The summed E-state index contributed by atoms with van der Waals surface area (Å²) >= 11 is 0. The quantitative estimate of drug-likeness (QED) is 0.807. The lowest BCUT2D eigenvalue weighted by molar-refractivity contribution is 0.605. The van der Waals surface area contributed by atoms with Gasteiger partial charge in [-0.05, 0) is 42.9 Å². The maximum absolute atomic E-state index is 12.9. The number of nitrogens with two attached hydrogens (primary N) is 1. The molecule has 0 unspecified atom stereocenters. The molecule has 0 radical (unpaired) electrons. The molecule has 78 valence electrons. The highest BCUT2D eigenvalue weighted by Gasteiger charge is 2.29. The molecule has 0 aromatic heterocycles. The topological polar surface area (TPSA) is 26.0 Å². The molecule has 1 fully saturated rings. The zero-order chi connectivity index (χ0) is 9.42.